The molecule has 1 aliphatic heterocycles. The average Bonchev–Trinajstić information content (AvgIpc) is 3.04. The molecule has 0 saturated carbocycles. The Hall–Kier alpha value is -4.05. The normalized spacial score (nSPS) is 12.8. The van der Waals surface area contributed by atoms with Gasteiger partial charge in [-0.2, -0.15) is 0 Å². The van der Waals surface area contributed by atoms with Crippen LogP contribution in [0.25, 0.3) is 0 Å². The summed E-state index contributed by atoms with van der Waals surface area (Å²) in [6.07, 6.45) is 0. The van der Waals surface area contributed by atoms with E-state index in [1.807, 2.05) is 0 Å². The molecule has 1 heterocycles. The van der Waals surface area contributed by atoms with Crippen molar-refractivity contribution in [3.8, 4) is 0 Å². The summed E-state index contributed by atoms with van der Waals surface area (Å²) in [5.41, 5.74) is -0.999. The van der Waals surface area contributed by atoms with E-state index in [9.17, 15) is 31.9 Å². The van der Waals surface area contributed by atoms with Gasteiger partial charge in [0, 0.05) is 11.6 Å². The number of benzene rings is 3. The van der Waals surface area contributed by atoms with Crippen molar-refractivity contribution in [2.75, 3.05) is 5.32 Å². The number of halogens is 4. The molecule has 1 aliphatic rings. The molecule has 3 aromatic carbocycles. The van der Waals surface area contributed by atoms with E-state index in [2.05, 4.69) is 0 Å². The number of carbonyl (C=O) groups is 3. The summed E-state index contributed by atoms with van der Waals surface area (Å²) in [6, 6.07) is 11.7. The molecule has 4 rings (SSSR count). The lowest BCUT2D eigenvalue weighted by atomic mass is 10.1. The van der Waals surface area contributed by atoms with Gasteiger partial charge in [-0.25, -0.2) is 17.6 Å². The van der Waals surface area contributed by atoms with Gasteiger partial charge >= 0.3 is 0 Å². The molecular formula is C22H12F4N2O4. The molecule has 3 aromatic rings. The van der Waals surface area contributed by atoms with E-state index < -0.39 is 53.3 Å². The third kappa shape index (κ3) is 3.60. The molecule has 162 valence electrons. The fraction of sp³-hybridized carbons (Fsp3) is 0.0455. The highest BCUT2D eigenvalue weighted by atomic mass is 19.2. The molecular weight excluding hydrogens is 432 g/mol. The summed E-state index contributed by atoms with van der Waals surface area (Å²) in [4.78, 5) is 42.6. The highest BCUT2D eigenvalue weighted by Crippen LogP contribution is 2.26. The van der Waals surface area contributed by atoms with E-state index in [0.717, 1.165) is 0 Å². The molecule has 0 saturated heterocycles. The maximum Gasteiger partial charge on any atom is 0.285 e. The third-order valence-electron chi connectivity index (χ3n) is 4.72. The Balaban J connectivity index is 1.55. The van der Waals surface area contributed by atoms with Gasteiger partial charge in [0.1, 0.15) is 12.3 Å². The van der Waals surface area contributed by atoms with Crippen LogP contribution in [0.15, 0.2) is 54.6 Å². The fourth-order valence-electron chi connectivity index (χ4n) is 3.15. The van der Waals surface area contributed by atoms with Gasteiger partial charge < -0.3 is 5.32 Å². The number of carbonyl (C=O) groups excluding carboxylic acids is 3. The lowest BCUT2D eigenvalue weighted by molar-refractivity contribution is -0.101. The minimum absolute atomic E-state index is 0.0180. The van der Waals surface area contributed by atoms with Crippen molar-refractivity contribution in [1.29, 1.82) is 0 Å². The quantitative estimate of drug-likeness (QED) is 0.363. The van der Waals surface area contributed by atoms with Crippen molar-refractivity contribution in [3.05, 3.63) is 100 Å². The van der Waals surface area contributed by atoms with E-state index in [4.69, 9.17) is 4.84 Å². The van der Waals surface area contributed by atoms with Crippen LogP contribution in [0.2, 0.25) is 0 Å². The zero-order valence-corrected chi connectivity index (χ0v) is 16.0. The number of amides is 3. The molecule has 0 aromatic heterocycles. The Morgan fingerprint density at radius 3 is 1.97 bits per heavy atom. The highest BCUT2D eigenvalue weighted by Gasteiger charge is 2.36. The molecule has 0 radical (unpaired) electrons. The standard InChI is InChI=1S/C22H12F4N2O4/c23-15-9-16(24)18(26)19(17(15)25)27-20(29)12-6-2-1-5-11(12)10-32-28-21(30)13-7-3-4-8-14(13)22(28)31/h1-9H,10H2,(H,27,29). The zero-order valence-electron chi connectivity index (χ0n) is 16.0. The molecule has 0 aliphatic carbocycles. The second-order valence-corrected chi connectivity index (χ2v) is 6.68. The van der Waals surface area contributed by atoms with Crippen LogP contribution in [0.4, 0.5) is 23.2 Å². The van der Waals surface area contributed by atoms with Gasteiger partial charge in [0.05, 0.1) is 11.1 Å². The van der Waals surface area contributed by atoms with Crippen LogP contribution >= 0.6 is 0 Å². The maximum absolute atomic E-state index is 13.9. The molecule has 0 unspecified atom stereocenters. The molecule has 32 heavy (non-hydrogen) atoms. The van der Waals surface area contributed by atoms with E-state index in [1.54, 1.807) is 17.4 Å². The first-order chi connectivity index (χ1) is 15.3. The molecule has 0 spiro atoms. The van der Waals surface area contributed by atoms with Crippen molar-refractivity contribution < 1.29 is 36.8 Å². The van der Waals surface area contributed by atoms with Gasteiger partial charge in [0.15, 0.2) is 23.3 Å². The van der Waals surface area contributed by atoms with E-state index in [0.29, 0.717) is 5.06 Å². The van der Waals surface area contributed by atoms with Crippen molar-refractivity contribution in [2.45, 2.75) is 6.61 Å². The summed E-state index contributed by atoms with van der Waals surface area (Å²) < 4.78 is 54.6. The minimum atomic E-state index is -1.77. The van der Waals surface area contributed by atoms with Crippen LogP contribution in [0.5, 0.6) is 0 Å². The van der Waals surface area contributed by atoms with Gasteiger partial charge in [-0.15, -0.1) is 5.06 Å². The molecule has 6 nitrogen and oxygen atoms in total. The van der Waals surface area contributed by atoms with Crippen molar-refractivity contribution in [2.24, 2.45) is 0 Å². The number of hydrogen-bond acceptors (Lipinski definition) is 4. The number of rotatable bonds is 5. The van der Waals surface area contributed by atoms with Gasteiger partial charge in [-0.1, -0.05) is 30.3 Å². The molecule has 0 fully saturated rings. The SMILES string of the molecule is O=C(Nc1c(F)c(F)cc(F)c1F)c1ccccc1CON1C(=O)c2ccccc2C1=O. The monoisotopic (exact) mass is 444 g/mol. The first-order valence-corrected chi connectivity index (χ1v) is 9.12. The smallest absolute Gasteiger partial charge is 0.285 e. The molecule has 0 bridgehead atoms. The topological polar surface area (TPSA) is 75.7 Å². The van der Waals surface area contributed by atoms with Crippen molar-refractivity contribution in [3.63, 3.8) is 0 Å². The van der Waals surface area contributed by atoms with Crippen LogP contribution in [0.3, 0.4) is 0 Å². The highest BCUT2D eigenvalue weighted by molar-refractivity contribution is 6.20. The summed E-state index contributed by atoms with van der Waals surface area (Å²) in [6.45, 7) is -0.433. The van der Waals surface area contributed by atoms with Crippen molar-refractivity contribution >= 4 is 23.4 Å². The Labute approximate surface area is 178 Å². The number of nitrogens with zero attached hydrogens (tertiary/aromatic N) is 1. The van der Waals surface area contributed by atoms with Crippen LogP contribution in [-0.4, -0.2) is 22.8 Å². The summed E-state index contributed by atoms with van der Waals surface area (Å²) in [7, 11) is 0. The van der Waals surface area contributed by atoms with Gasteiger partial charge in [0.25, 0.3) is 17.7 Å². The van der Waals surface area contributed by atoms with E-state index in [1.165, 1.54) is 36.4 Å². The van der Waals surface area contributed by atoms with Gasteiger partial charge in [-0.05, 0) is 23.8 Å². The zero-order chi connectivity index (χ0) is 23.0. The number of anilines is 1. The largest absolute Gasteiger partial charge is 0.317 e. The van der Waals surface area contributed by atoms with Gasteiger partial charge in [0.2, 0.25) is 0 Å². The summed E-state index contributed by atoms with van der Waals surface area (Å²) in [5, 5.41) is 2.35. The van der Waals surface area contributed by atoms with Crippen molar-refractivity contribution in [1.82, 2.24) is 5.06 Å². The lowest BCUT2D eigenvalue weighted by Crippen LogP contribution is -2.30. The summed E-state index contributed by atoms with van der Waals surface area (Å²) in [5.74, 6) is -9.36. The van der Waals surface area contributed by atoms with Crippen LogP contribution in [0, 0.1) is 23.3 Å². The number of nitrogens with one attached hydrogen (secondary N) is 1. The van der Waals surface area contributed by atoms with E-state index in [-0.39, 0.29) is 28.3 Å². The Morgan fingerprint density at radius 2 is 1.38 bits per heavy atom. The Kier molecular flexibility index (Phi) is 5.45. The number of fused-ring (bicyclic) bond motifs is 1. The predicted molar refractivity (Wildman–Crippen MR) is 102 cm³/mol. The third-order valence-corrected chi connectivity index (χ3v) is 4.72. The first-order valence-electron chi connectivity index (χ1n) is 9.12. The second kappa shape index (κ2) is 8.23. The molecule has 3 amide bonds. The first kappa shape index (κ1) is 21.2. The lowest BCUT2D eigenvalue weighted by Gasteiger charge is -2.15. The number of imide groups is 1. The average molecular weight is 444 g/mol. The van der Waals surface area contributed by atoms with E-state index >= 15 is 0 Å². The maximum atomic E-state index is 13.9. The second-order valence-electron chi connectivity index (χ2n) is 6.68. The minimum Gasteiger partial charge on any atom is -0.317 e. The molecule has 0 atom stereocenters. The Morgan fingerprint density at radius 1 is 0.844 bits per heavy atom. The fourth-order valence-corrected chi connectivity index (χ4v) is 3.15. The molecule has 1 N–H and O–H groups in total. The Bertz CT molecular complexity index is 1220. The van der Waals surface area contributed by atoms with Crippen LogP contribution in [-0.2, 0) is 11.4 Å². The number of hydrogen-bond donors (Lipinski definition) is 1. The summed E-state index contributed by atoms with van der Waals surface area (Å²) >= 11 is 0. The van der Waals surface area contributed by atoms with Crippen LogP contribution in [0.1, 0.15) is 36.6 Å². The predicted octanol–water partition coefficient (Wildman–Crippen LogP) is 4.22. The van der Waals surface area contributed by atoms with Crippen LogP contribution < -0.4 is 5.32 Å². The molecule has 10 heteroatoms. The van der Waals surface area contributed by atoms with Gasteiger partial charge in [-0.3, -0.25) is 19.2 Å². The number of hydroxylamine groups is 2.